The topological polar surface area (TPSA) is 69.2 Å². The molecule has 2 aromatic rings. The minimum Gasteiger partial charge on any atom is -0.467 e. The standard InChI is InChI=1S/C13H14Cl2N4O2/c1-3-4-16-11-17-12(20-2)19-13(18-11)21-10-6-8(14)5-9(15)7-10/h5-7H,3-4H2,1-2H3,(H,16,17,18,19). The van der Waals surface area contributed by atoms with E-state index in [1.165, 1.54) is 7.11 Å². The molecule has 0 aliphatic carbocycles. The van der Waals surface area contributed by atoms with Gasteiger partial charge in [0.2, 0.25) is 5.95 Å². The van der Waals surface area contributed by atoms with E-state index in [0.29, 0.717) is 21.7 Å². The molecular formula is C13H14Cl2N4O2. The van der Waals surface area contributed by atoms with Crippen LogP contribution in [0.5, 0.6) is 17.8 Å². The average Bonchev–Trinajstić information content (AvgIpc) is 2.43. The summed E-state index contributed by atoms with van der Waals surface area (Å²) >= 11 is 11.8. The monoisotopic (exact) mass is 328 g/mol. The second-order valence-corrected chi connectivity index (χ2v) is 4.94. The van der Waals surface area contributed by atoms with Gasteiger partial charge in [0.1, 0.15) is 5.75 Å². The van der Waals surface area contributed by atoms with E-state index < -0.39 is 0 Å². The van der Waals surface area contributed by atoms with Crippen molar-refractivity contribution in [3.8, 4) is 17.8 Å². The fourth-order valence-electron chi connectivity index (χ4n) is 1.48. The van der Waals surface area contributed by atoms with Crippen LogP contribution >= 0.6 is 23.2 Å². The molecule has 0 aliphatic rings. The highest BCUT2D eigenvalue weighted by Crippen LogP contribution is 2.27. The van der Waals surface area contributed by atoms with Crippen LogP contribution in [0.1, 0.15) is 13.3 Å². The number of nitrogens with zero attached hydrogens (tertiary/aromatic N) is 3. The number of ether oxygens (including phenoxy) is 2. The number of hydrogen-bond acceptors (Lipinski definition) is 6. The van der Waals surface area contributed by atoms with E-state index in [1.54, 1.807) is 18.2 Å². The SMILES string of the molecule is CCCNc1nc(OC)nc(Oc2cc(Cl)cc(Cl)c2)n1. The van der Waals surface area contributed by atoms with Crippen molar-refractivity contribution in [3.63, 3.8) is 0 Å². The Morgan fingerprint density at radius 1 is 1.05 bits per heavy atom. The minimum atomic E-state index is 0.0961. The molecule has 0 unspecified atom stereocenters. The number of hydrogen-bond donors (Lipinski definition) is 1. The molecule has 1 heterocycles. The summed E-state index contributed by atoms with van der Waals surface area (Å²) in [5, 5.41) is 3.97. The Kier molecular flexibility index (Phi) is 5.41. The summed E-state index contributed by atoms with van der Waals surface area (Å²) in [6.45, 7) is 2.77. The van der Waals surface area contributed by atoms with Gasteiger partial charge in [-0.05, 0) is 24.6 Å². The lowest BCUT2D eigenvalue weighted by molar-refractivity contribution is 0.360. The van der Waals surface area contributed by atoms with E-state index in [-0.39, 0.29) is 12.0 Å². The molecule has 112 valence electrons. The van der Waals surface area contributed by atoms with Gasteiger partial charge in [-0.1, -0.05) is 30.1 Å². The molecule has 2 rings (SSSR count). The number of methoxy groups -OCH3 is 1. The average molecular weight is 329 g/mol. The first-order valence-electron chi connectivity index (χ1n) is 6.28. The fourth-order valence-corrected chi connectivity index (χ4v) is 1.99. The van der Waals surface area contributed by atoms with Crippen molar-refractivity contribution in [2.75, 3.05) is 19.0 Å². The maximum Gasteiger partial charge on any atom is 0.330 e. The third-order valence-electron chi connectivity index (χ3n) is 2.36. The van der Waals surface area contributed by atoms with Gasteiger partial charge in [-0.25, -0.2) is 0 Å². The van der Waals surface area contributed by atoms with Crippen molar-refractivity contribution < 1.29 is 9.47 Å². The molecular weight excluding hydrogens is 315 g/mol. The van der Waals surface area contributed by atoms with Crippen LogP contribution in [0.25, 0.3) is 0 Å². The zero-order chi connectivity index (χ0) is 15.2. The highest BCUT2D eigenvalue weighted by Gasteiger charge is 2.09. The Morgan fingerprint density at radius 2 is 1.71 bits per heavy atom. The highest BCUT2D eigenvalue weighted by molar-refractivity contribution is 6.34. The molecule has 1 aromatic carbocycles. The molecule has 21 heavy (non-hydrogen) atoms. The third kappa shape index (κ3) is 4.61. The van der Waals surface area contributed by atoms with Gasteiger partial charge in [-0.3, -0.25) is 0 Å². The summed E-state index contributed by atoms with van der Waals surface area (Å²) in [5.74, 6) is 0.814. The first kappa shape index (κ1) is 15.6. The number of benzene rings is 1. The van der Waals surface area contributed by atoms with Crippen molar-refractivity contribution in [2.45, 2.75) is 13.3 Å². The smallest absolute Gasteiger partial charge is 0.330 e. The molecule has 0 aliphatic heterocycles. The van der Waals surface area contributed by atoms with E-state index in [1.807, 2.05) is 6.92 Å². The van der Waals surface area contributed by atoms with Gasteiger partial charge in [0, 0.05) is 16.6 Å². The predicted octanol–water partition coefficient (Wildman–Crippen LogP) is 3.80. The van der Waals surface area contributed by atoms with E-state index in [9.17, 15) is 0 Å². The van der Waals surface area contributed by atoms with Crippen LogP contribution in [0, 0.1) is 0 Å². The molecule has 0 radical (unpaired) electrons. The second-order valence-electron chi connectivity index (χ2n) is 4.06. The van der Waals surface area contributed by atoms with Crippen LogP contribution in [0.15, 0.2) is 18.2 Å². The van der Waals surface area contributed by atoms with Gasteiger partial charge >= 0.3 is 12.0 Å². The normalized spacial score (nSPS) is 10.3. The first-order valence-corrected chi connectivity index (χ1v) is 7.04. The molecule has 0 atom stereocenters. The maximum atomic E-state index is 5.92. The number of nitrogens with one attached hydrogen (secondary N) is 1. The van der Waals surface area contributed by atoms with Crippen LogP contribution in [0.3, 0.4) is 0 Å². The molecule has 1 aromatic heterocycles. The van der Waals surface area contributed by atoms with E-state index >= 15 is 0 Å². The molecule has 0 spiro atoms. The summed E-state index contributed by atoms with van der Waals surface area (Å²) in [5.41, 5.74) is 0. The number of anilines is 1. The molecule has 0 fully saturated rings. The van der Waals surface area contributed by atoms with Gasteiger partial charge in [-0.15, -0.1) is 4.98 Å². The van der Waals surface area contributed by atoms with E-state index in [4.69, 9.17) is 32.7 Å². The molecule has 8 heteroatoms. The summed E-state index contributed by atoms with van der Waals surface area (Å²) in [6.07, 6.45) is 0.939. The van der Waals surface area contributed by atoms with Crippen LogP contribution in [0.2, 0.25) is 10.0 Å². The summed E-state index contributed by atoms with van der Waals surface area (Å²) < 4.78 is 10.6. The quantitative estimate of drug-likeness (QED) is 0.869. The van der Waals surface area contributed by atoms with E-state index in [0.717, 1.165) is 13.0 Å². The fraction of sp³-hybridized carbons (Fsp3) is 0.308. The van der Waals surface area contributed by atoms with Gasteiger partial charge < -0.3 is 14.8 Å². The summed E-state index contributed by atoms with van der Waals surface area (Å²) in [6, 6.07) is 5.09. The Morgan fingerprint density at radius 3 is 2.33 bits per heavy atom. The Hall–Kier alpha value is -1.79. The third-order valence-corrected chi connectivity index (χ3v) is 2.79. The molecule has 0 saturated carbocycles. The van der Waals surface area contributed by atoms with Crippen molar-refractivity contribution in [1.29, 1.82) is 0 Å². The van der Waals surface area contributed by atoms with Crippen LogP contribution in [-0.2, 0) is 0 Å². The molecule has 6 nitrogen and oxygen atoms in total. The highest BCUT2D eigenvalue weighted by atomic mass is 35.5. The Bertz CT molecular complexity index is 605. The number of aromatic nitrogens is 3. The maximum absolute atomic E-state index is 5.92. The van der Waals surface area contributed by atoms with Crippen molar-refractivity contribution >= 4 is 29.2 Å². The lowest BCUT2D eigenvalue weighted by Crippen LogP contribution is -2.07. The van der Waals surface area contributed by atoms with Crippen molar-refractivity contribution in [2.24, 2.45) is 0 Å². The Balaban J connectivity index is 2.25. The van der Waals surface area contributed by atoms with Crippen LogP contribution in [0.4, 0.5) is 5.95 Å². The first-order chi connectivity index (χ1) is 10.1. The zero-order valence-electron chi connectivity index (χ0n) is 11.6. The van der Waals surface area contributed by atoms with Crippen LogP contribution in [-0.4, -0.2) is 28.6 Å². The van der Waals surface area contributed by atoms with Gasteiger partial charge in [0.25, 0.3) is 0 Å². The largest absolute Gasteiger partial charge is 0.467 e. The zero-order valence-corrected chi connectivity index (χ0v) is 13.1. The van der Waals surface area contributed by atoms with E-state index in [2.05, 4.69) is 20.3 Å². The number of rotatable bonds is 6. The lowest BCUT2D eigenvalue weighted by Gasteiger charge is -2.08. The van der Waals surface area contributed by atoms with Crippen molar-refractivity contribution in [3.05, 3.63) is 28.2 Å². The van der Waals surface area contributed by atoms with Crippen molar-refractivity contribution in [1.82, 2.24) is 15.0 Å². The molecule has 0 bridgehead atoms. The lowest BCUT2D eigenvalue weighted by atomic mass is 10.3. The van der Waals surface area contributed by atoms with Gasteiger partial charge in [0.05, 0.1) is 7.11 Å². The summed E-state index contributed by atoms with van der Waals surface area (Å²) in [4.78, 5) is 12.3. The molecule has 0 saturated heterocycles. The second kappa shape index (κ2) is 7.28. The van der Waals surface area contributed by atoms with Crippen LogP contribution < -0.4 is 14.8 Å². The van der Waals surface area contributed by atoms with Gasteiger partial charge in [-0.2, -0.15) is 9.97 Å². The Labute approximate surface area is 132 Å². The molecule has 1 N–H and O–H groups in total. The minimum absolute atomic E-state index is 0.0961. The molecule has 0 amide bonds. The number of halogens is 2. The summed E-state index contributed by atoms with van der Waals surface area (Å²) in [7, 11) is 1.47. The van der Waals surface area contributed by atoms with Gasteiger partial charge in [0.15, 0.2) is 0 Å². The predicted molar refractivity (Wildman–Crippen MR) is 81.7 cm³/mol.